The second-order valence-corrected chi connectivity index (χ2v) is 9.08. The summed E-state index contributed by atoms with van der Waals surface area (Å²) in [4.78, 5) is 17.9. The molecule has 0 atom stereocenters. The van der Waals surface area contributed by atoms with Crippen LogP contribution >= 0.6 is 0 Å². The van der Waals surface area contributed by atoms with Gasteiger partial charge >= 0.3 is 0 Å². The second-order valence-electron chi connectivity index (χ2n) is 9.08. The molecule has 162 valence electrons. The molecule has 2 aromatic rings. The largest absolute Gasteiger partial charge is 0.493 e. The number of rotatable bonds is 5. The zero-order chi connectivity index (χ0) is 21.0. The predicted molar refractivity (Wildman–Crippen MR) is 121 cm³/mol. The first-order valence-corrected chi connectivity index (χ1v) is 11.7. The number of benzene rings is 2. The van der Waals surface area contributed by atoms with Gasteiger partial charge in [-0.25, -0.2) is 0 Å². The molecule has 3 heterocycles. The van der Waals surface area contributed by atoms with Crippen molar-refractivity contribution in [3.8, 4) is 5.75 Å². The number of carbonyl (C=O) groups is 1. The lowest BCUT2D eigenvalue weighted by Gasteiger charge is -2.32. The summed E-state index contributed by atoms with van der Waals surface area (Å²) in [5, 5.41) is 0. The molecule has 3 aliphatic rings. The van der Waals surface area contributed by atoms with Crippen molar-refractivity contribution in [1.82, 2.24) is 4.90 Å². The Bertz CT molecular complexity index is 948. The molecule has 0 bridgehead atoms. The zero-order valence-corrected chi connectivity index (χ0v) is 18.2. The van der Waals surface area contributed by atoms with E-state index in [1.807, 2.05) is 11.0 Å². The molecule has 5 nitrogen and oxygen atoms in total. The Kier molecular flexibility index (Phi) is 6.05. The fourth-order valence-electron chi connectivity index (χ4n) is 5.08. The molecule has 0 saturated carbocycles. The Morgan fingerprint density at radius 1 is 0.968 bits per heavy atom. The lowest BCUT2D eigenvalue weighted by molar-refractivity contribution is -1.02. The number of nitrogens with one attached hydrogen (secondary N) is 2. The van der Waals surface area contributed by atoms with Crippen LogP contribution in [0.15, 0.2) is 54.6 Å². The van der Waals surface area contributed by atoms with E-state index in [4.69, 9.17) is 4.74 Å². The number of hydrogen-bond donors (Lipinski definition) is 2. The minimum absolute atomic E-state index is 0.306. The summed E-state index contributed by atoms with van der Waals surface area (Å²) >= 11 is 0. The zero-order valence-electron chi connectivity index (χ0n) is 18.2. The van der Waals surface area contributed by atoms with Crippen molar-refractivity contribution in [2.24, 2.45) is 0 Å². The Hall–Kier alpha value is -2.63. The van der Waals surface area contributed by atoms with Crippen LogP contribution in [0.25, 0.3) is 5.57 Å². The number of ether oxygens (including phenoxy) is 1. The first kappa shape index (κ1) is 20.3. The number of fused-ring (bicyclic) bond motifs is 1. The Balaban J connectivity index is 1.08. The molecule has 1 saturated heterocycles. The smallest absolute Gasteiger partial charge is 0.278 e. The second kappa shape index (κ2) is 9.25. The summed E-state index contributed by atoms with van der Waals surface area (Å²) in [5.41, 5.74) is 5.42. The summed E-state index contributed by atoms with van der Waals surface area (Å²) in [6, 6.07) is 17.2. The topological polar surface area (TPSA) is 38.4 Å². The third-order valence-electron chi connectivity index (χ3n) is 6.98. The standard InChI is InChI=1S/C26H31N3O2/c30-26(29-11-8-23(9-12-29)22-4-2-1-3-5-22)20-28-15-13-27(14-16-28)19-21-6-7-25-24(18-21)10-17-31-25/h1-8,18H,9-17,19-20H2/p+2. The Morgan fingerprint density at radius 2 is 1.77 bits per heavy atom. The van der Waals surface area contributed by atoms with Gasteiger partial charge in [-0.05, 0) is 41.3 Å². The van der Waals surface area contributed by atoms with Crippen LogP contribution < -0.4 is 14.5 Å². The fraction of sp³-hybridized carbons (Fsp3) is 0.423. The first-order valence-electron chi connectivity index (χ1n) is 11.7. The highest BCUT2D eigenvalue weighted by molar-refractivity contribution is 5.79. The van der Waals surface area contributed by atoms with Crippen LogP contribution in [-0.4, -0.2) is 63.2 Å². The summed E-state index contributed by atoms with van der Waals surface area (Å²) in [6.07, 6.45) is 4.22. The quantitative estimate of drug-likeness (QED) is 0.728. The van der Waals surface area contributed by atoms with Gasteiger partial charge < -0.3 is 19.4 Å². The van der Waals surface area contributed by atoms with Crippen molar-refractivity contribution in [3.63, 3.8) is 0 Å². The number of hydrogen-bond acceptors (Lipinski definition) is 2. The number of carbonyl (C=O) groups excluding carboxylic acids is 1. The number of amides is 1. The van der Waals surface area contributed by atoms with E-state index >= 15 is 0 Å². The van der Waals surface area contributed by atoms with Gasteiger partial charge in [-0.2, -0.15) is 0 Å². The number of quaternary nitrogens is 2. The van der Waals surface area contributed by atoms with Crippen LogP contribution in [0.5, 0.6) is 5.75 Å². The molecular formula is C26H33N3O2+2. The van der Waals surface area contributed by atoms with Gasteiger partial charge in [-0.1, -0.05) is 36.4 Å². The summed E-state index contributed by atoms with van der Waals surface area (Å²) in [7, 11) is 0. The van der Waals surface area contributed by atoms with E-state index < -0.39 is 0 Å². The van der Waals surface area contributed by atoms with E-state index in [1.54, 1.807) is 4.90 Å². The first-order chi connectivity index (χ1) is 15.2. The van der Waals surface area contributed by atoms with Crippen molar-refractivity contribution in [2.45, 2.75) is 19.4 Å². The van der Waals surface area contributed by atoms with Gasteiger partial charge in [0.2, 0.25) is 0 Å². The maximum absolute atomic E-state index is 12.8. The van der Waals surface area contributed by atoms with Crippen molar-refractivity contribution >= 4 is 11.5 Å². The van der Waals surface area contributed by atoms with Gasteiger partial charge in [0.15, 0.2) is 6.54 Å². The molecule has 5 rings (SSSR count). The van der Waals surface area contributed by atoms with E-state index in [0.717, 1.165) is 71.0 Å². The lowest BCUT2D eigenvalue weighted by Crippen LogP contribution is -3.28. The summed E-state index contributed by atoms with van der Waals surface area (Å²) in [6.45, 7) is 8.54. The number of nitrogens with zero attached hydrogens (tertiary/aromatic N) is 1. The highest BCUT2D eigenvalue weighted by Crippen LogP contribution is 2.25. The lowest BCUT2D eigenvalue weighted by atomic mass is 9.99. The average molecular weight is 420 g/mol. The van der Waals surface area contributed by atoms with Crippen molar-refractivity contribution < 1.29 is 19.3 Å². The van der Waals surface area contributed by atoms with E-state index in [2.05, 4.69) is 48.5 Å². The SMILES string of the molecule is O=C(C[NH+]1CC[NH+](Cc2ccc3c(c2)CCO3)CC1)N1CC=C(c2ccccc2)CC1. The molecule has 0 radical (unpaired) electrons. The van der Waals surface area contributed by atoms with E-state index in [0.29, 0.717) is 12.5 Å². The third-order valence-corrected chi connectivity index (χ3v) is 6.98. The minimum Gasteiger partial charge on any atom is -0.493 e. The fourth-order valence-corrected chi connectivity index (χ4v) is 5.08. The number of piperazine rings is 1. The van der Waals surface area contributed by atoms with Gasteiger partial charge in [-0.15, -0.1) is 0 Å². The van der Waals surface area contributed by atoms with E-state index in [-0.39, 0.29) is 0 Å². The van der Waals surface area contributed by atoms with Crippen LogP contribution in [0.2, 0.25) is 0 Å². The minimum atomic E-state index is 0.306. The molecule has 3 aliphatic heterocycles. The van der Waals surface area contributed by atoms with Gasteiger partial charge in [0, 0.05) is 25.1 Å². The molecule has 31 heavy (non-hydrogen) atoms. The summed E-state index contributed by atoms with van der Waals surface area (Å²) < 4.78 is 5.62. The van der Waals surface area contributed by atoms with Crippen LogP contribution in [0.3, 0.4) is 0 Å². The Labute approximate surface area is 184 Å². The van der Waals surface area contributed by atoms with Crippen molar-refractivity contribution in [3.05, 3.63) is 71.3 Å². The molecule has 5 heteroatoms. The molecule has 0 aliphatic carbocycles. The normalized spacial score (nSPS) is 23.1. The highest BCUT2D eigenvalue weighted by atomic mass is 16.5. The van der Waals surface area contributed by atoms with Crippen LogP contribution in [0.1, 0.15) is 23.1 Å². The molecule has 0 aromatic heterocycles. The Morgan fingerprint density at radius 3 is 2.55 bits per heavy atom. The molecule has 1 amide bonds. The predicted octanol–water partition coefficient (Wildman–Crippen LogP) is 0.221. The third kappa shape index (κ3) is 4.83. The monoisotopic (exact) mass is 419 g/mol. The van der Waals surface area contributed by atoms with Gasteiger partial charge in [0.25, 0.3) is 5.91 Å². The molecule has 2 N–H and O–H groups in total. The van der Waals surface area contributed by atoms with Crippen LogP contribution in [0.4, 0.5) is 0 Å². The highest BCUT2D eigenvalue weighted by Gasteiger charge is 2.28. The van der Waals surface area contributed by atoms with Gasteiger partial charge in [0.05, 0.1) is 6.61 Å². The molecular weight excluding hydrogens is 386 g/mol. The van der Waals surface area contributed by atoms with Crippen molar-refractivity contribution in [2.75, 3.05) is 52.4 Å². The van der Waals surface area contributed by atoms with Gasteiger partial charge in [0.1, 0.15) is 38.5 Å². The van der Waals surface area contributed by atoms with E-state index in [1.165, 1.54) is 27.2 Å². The van der Waals surface area contributed by atoms with Crippen LogP contribution in [0, 0.1) is 0 Å². The average Bonchev–Trinajstić information content (AvgIpc) is 3.29. The molecule has 0 unspecified atom stereocenters. The van der Waals surface area contributed by atoms with E-state index in [9.17, 15) is 4.79 Å². The maximum Gasteiger partial charge on any atom is 0.278 e. The van der Waals surface area contributed by atoms with Gasteiger partial charge in [-0.3, -0.25) is 4.79 Å². The molecule has 0 spiro atoms. The summed E-state index contributed by atoms with van der Waals surface area (Å²) in [5.74, 6) is 1.37. The van der Waals surface area contributed by atoms with Crippen LogP contribution in [-0.2, 0) is 17.8 Å². The molecule has 1 fully saturated rings. The molecule has 2 aromatic carbocycles. The van der Waals surface area contributed by atoms with Crippen molar-refractivity contribution in [1.29, 1.82) is 0 Å². The maximum atomic E-state index is 12.8.